The zero-order valence-electron chi connectivity index (χ0n) is 14.2. The Morgan fingerprint density at radius 2 is 2.00 bits per heavy atom. The predicted octanol–water partition coefficient (Wildman–Crippen LogP) is 2.49. The van der Waals surface area contributed by atoms with Gasteiger partial charge in [0, 0.05) is 25.2 Å². The number of nitrogens with one attached hydrogen (secondary N) is 1. The monoisotopic (exact) mass is 317 g/mol. The fourth-order valence-corrected chi connectivity index (χ4v) is 2.21. The number of aryl methyl sites for hydroxylation is 1. The molecule has 124 valence electrons. The van der Waals surface area contributed by atoms with Crippen molar-refractivity contribution in [1.29, 1.82) is 0 Å². The Morgan fingerprint density at radius 1 is 1.26 bits per heavy atom. The molecule has 2 rings (SSSR count). The summed E-state index contributed by atoms with van der Waals surface area (Å²) >= 11 is 0. The second-order valence-electron chi connectivity index (χ2n) is 5.71. The van der Waals surface area contributed by atoms with Crippen molar-refractivity contribution in [1.82, 2.24) is 15.1 Å². The maximum absolute atomic E-state index is 12.2. The molecule has 0 fully saturated rings. The Morgan fingerprint density at radius 3 is 2.61 bits per heavy atom. The van der Waals surface area contributed by atoms with E-state index in [0.717, 1.165) is 5.56 Å². The van der Waals surface area contributed by atoms with Crippen LogP contribution in [0.25, 0.3) is 11.3 Å². The number of carbonyl (C=O) groups excluding carboxylic acids is 1. The predicted molar refractivity (Wildman–Crippen MR) is 88.9 cm³/mol. The van der Waals surface area contributed by atoms with Gasteiger partial charge in [0.25, 0.3) is 5.91 Å². The Kier molecular flexibility index (Phi) is 5.26. The summed E-state index contributed by atoms with van der Waals surface area (Å²) in [7, 11) is 4.95. The van der Waals surface area contributed by atoms with Crippen LogP contribution in [0.15, 0.2) is 24.3 Å². The zero-order valence-corrected chi connectivity index (χ0v) is 14.2. The van der Waals surface area contributed by atoms with Gasteiger partial charge in [-0.05, 0) is 24.1 Å². The second-order valence-corrected chi connectivity index (χ2v) is 5.71. The molecule has 0 radical (unpaired) electrons. The van der Waals surface area contributed by atoms with Gasteiger partial charge in [-0.1, -0.05) is 13.8 Å². The van der Waals surface area contributed by atoms with Crippen LogP contribution in [0.1, 0.15) is 24.3 Å². The van der Waals surface area contributed by atoms with Crippen LogP contribution >= 0.6 is 0 Å². The van der Waals surface area contributed by atoms with E-state index in [1.54, 1.807) is 38.1 Å². The van der Waals surface area contributed by atoms with Gasteiger partial charge in [-0.15, -0.1) is 0 Å². The average molecular weight is 317 g/mol. The van der Waals surface area contributed by atoms with Crippen molar-refractivity contribution in [2.75, 3.05) is 20.8 Å². The minimum absolute atomic E-state index is 0.132. The zero-order chi connectivity index (χ0) is 17.0. The van der Waals surface area contributed by atoms with Crippen LogP contribution < -0.4 is 14.8 Å². The van der Waals surface area contributed by atoms with Crippen LogP contribution in [0, 0.1) is 5.92 Å². The Labute approximate surface area is 136 Å². The number of carbonyl (C=O) groups is 1. The number of rotatable bonds is 6. The molecule has 0 saturated heterocycles. The van der Waals surface area contributed by atoms with Gasteiger partial charge >= 0.3 is 0 Å². The van der Waals surface area contributed by atoms with E-state index in [2.05, 4.69) is 24.3 Å². The van der Waals surface area contributed by atoms with Gasteiger partial charge in [-0.2, -0.15) is 5.10 Å². The minimum Gasteiger partial charge on any atom is -0.497 e. The Hall–Kier alpha value is -2.50. The minimum atomic E-state index is -0.132. The molecule has 2 aromatic rings. The van der Waals surface area contributed by atoms with Crippen LogP contribution in [0.4, 0.5) is 0 Å². The molecule has 0 saturated carbocycles. The van der Waals surface area contributed by atoms with Gasteiger partial charge in [-0.25, -0.2) is 0 Å². The highest BCUT2D eigenvalue weighted by Crippen LogP contribution is 2.32. The quantitative estimate of drug-likeness (QED) is 0.889. The lowest BCUT2D eigenvalue weighted by atomic mass is 10.1. The van der Waals surface area contributed by atoms with Crippen molar-refractivity contribution >= 4 is 5.91 Å². The molecule has 0 aliphatic rings. The molecular formula is C17H23N3O3. The van der Waals surface area contributed by atoms with Crippen LogP contribution in [0.5, 0.6) is 11.5 Å². The first-order chi connectivity index (χ1) is 11.0. The molecule has 1 aromatic carbocycles. The highest BCUT2D eigenvalue weighted by molar-refractivity contribution is 5.93. The summed E-state index contributed by atoms with van der Waals surface area (Å²) in [5, 5.41) is 7.33. The molecule has 1 amide bonds. The van der Waals surface area contributed by atoms with E-state index in [4.69, 9.17) is 9.47 Å². The van der Waals surface area contributed by atoms with Crippen molar-refractivity contribution < 1.29 is 14.3 Å². The van der Waals surface area contributed by atoms with Crippen molar-refractivity contribution in [2.24, 2.45) is 13.0 Å². The van der Waals surface area contributed by atoms with E-state index >= 15 is 0 Å². The van der Waals surface area contributed by atoms with E-state index in [1.807, 2.05) is 12.1 Å². The molecule has 1 heterocycles. The van der Waals surface area contributed by atoms with Crippen molar-refractivity contribution in [3.8, 4) is 22.8 Å². The fraction of sp³-hybridized carbons (Fsp3) is 0.412. The number of ether oxygens (including phenoxy) is 2. The standard InChI is InChI=1S/C17H23N3O3/c1-11(2)10-18-17(21)15-9-14(19-20(15)3)13-7-6-12(22-4)8-16(13)23-5/h6-9,11H,10H2,1-5H3,(H,18,21). The van der Waals surface area contributed by atoms with Gasteiger partial charge in [0.2, 0.25) is 0 Å². The third kappa shape index (κ3) is 3.83. The summed E-state index contributed by atoms with van der Waals surface area (Å²) in [6.07, 6.45) is 0. The smallest absolute Gasteiger partial charge is 0.269 e. The molecule has 0 atom stereocenters. The number of aromatic nitrogens is 2. The van der Waals surface area contributed by atoms with E-state index in [-0.39, 0.29) is 5.91 Å². The second kappa shape index (κ2) is 7.17. The summed E-state index contributed by atoms with van der Waals surface area (Å²) in [6, 6.07) is 7.27. The number of hydrogen-bond donors (Lipinski definition) is 1. The summed E-state index contributed by atoms with van der Waals surface area (Å²) in [6.45, 7) is 4.74. The molecule has 6 heteroatoms. The third-order valence-electron chi connectivity index (χ3n) is 3.47. The summed E-state index contributed by atoms with van der Waals surface area (Å²) in [5.74, 6) is 1.62. The molecule has 0 aliphatic heterocycles. The summed E-state index contributed by atoms with van der Waals surface area (Å²) < 4.78 is 12.2. The number of amides is 1. The SMILES string of the molecule is COc1ccc(-c2cc(C(=O)NCC(C)C)n(C)n2)c(OC)c1. The van der Waals surface area contributed by atoms with Crippen LogP contribution in [0.2, 0.25) is 0 Å². The van der Waals surface area contributed by atoms with E-state index in [9.17, 15) is 4.79 Å². The maximum Gasteiger partial charge on any atom is 0.269 e. The summed E-state index contributed by atoms with van der Waals surface area (Å²) in [4.78, 5) is 12.2. The van der Waals surface area contributed by atoms with Crippen LogP contribution in [-0.4, -0.2) is 36.5 Å². The van der Waals surface area contributed by atoms with Crippen molar-refractivity contribution in [3.05, 3.63) is 30.0 Å². The van der Waals surface area contributed by atoms with Gasteiger partial charge in [0.05, 0.1) is 19.9 Å². The first-order valence-corrected chi connectivity index (χ1v) is 7.51. The van der Waals surface area contributed by atoms with E-state index in [1.165, 1.54) is 0 Å². The molecule has 0 bridgehead atoms. The highest BCUT2D eigenvalue weighted by Gasteiger charge is 2.17. The largest absolute Gasteiger partial charge is 0.497 e. The van der Waals surface area contributed by atoms with Crippen molar-refractivity contribution in [3.63, 3.8) is 0 Å². The number of methoxy groups -OCH3 is 2. The average Bonchev–Trinajstić information content (AvgIpc) is 2.93. The maximum atomic E-state index is 12.2. The molecule has 0 aliphatic carbocycles. The van der Waals surface area contributed by atoms with Crippen molar-refractivity contribution in [2.45, 2.75) is 13.8 Å². The Bertz CT molecular complexity index is 692. The van der Waals surface area contributed by atoms with E-state index in [0.29, 0.717) is 35.3 Å². The number of nitrogens with zero attached hydrogens (tertiary/aromatic N) is 2. The lowest BCUT2D eigenvalue weighted by Crippen LogP contribution is -2.28. The molecule has 23 heavy (non-hydrogen) atoms. The molecule has 1 N–H and O–H groups in total. The lowest BCUT2D eigenvalue weighted by molar-refractivity contribution is 0.0939. The fourth-order valence-electron chi connectivity index (χ4n) is 2.21. The molecule has 0 unspecified atom stereocenters. The highest BCUT2D eigenvalue weighted by atomic mass is 16.5. The number of hydrogen-bond acceptors (Lipinski definition) is 4. The van der Waals surface area contributed by atoms with Gasteiger partial charge < -0.3 is 14.8 Å². The van der Waals surface area contributed by atoms with Crippen LogP contribution in [-0.2, 0) is 7.05 Å². The summed E-state index contributed by atoms with van der Waals surface area (Å²) in [5.41, 5.74) is 2.01. The van der Waals surface area contributed by atoms with Gasteiger partial charge in [0.1, 0.15) is 17.2 Å². The van der Waals surface area contributed by atoms with Gasteiger partial charge in [0.15, 0.2) is 0 Å². The topological polar surface area (TPSA) is 65.4 Å². The molecule has 0 spiro atoms. The van der Waals surface area contributed by atoms with Crippen LogP contribution in [0.3, 0.4) is 0 Å². The normalized spacial score (nSPS) is 10.7. The first-order valence-electron chi connectivity index (χ1n) is 7.51. The lowest BCUT2D eigenvalue weighted by Gasteiger charge is -2.08. The third-order valence-corrected chi connectivity index (χ3v) is 3.47. The first kappa shape index (κ1) is 16.9. The van der Waals surface area contributed by atoms with Gasteiger partial charge in [-0.3, -0.25) is 9.48 Å². The molecule has 6 nitrogen and oxygen atoms in total. The van der Waals surface area contributed by atoms with E-state index < -0.39 is 0 Å². The Balaban J connectivity index is 2.32. The molecule has 1 aromatic heterocycles. The number of benzene rings is 1. The molecular weight excluding hydrogens is 294 g/mol.